The van der Waals surface area contributed by atoms with E-state index in [2.05, 4.69) is 12.2 Å². The van der Waals surface area contributed by atoms with Gasteiger partial charge in [0.15, 0.2) is 0 Å². The second-order valence-electron chi connectivity index (χ2n) is 4.00. The molecular formula is C11H24N2O. The number of carbonyl (C=O) groups is 1. The molecule has 0 atom stereocenters. The molecular weight excluding hydrogens is 176 g/mol. The Morgan fingerprint density at radius 3 is 2.36 bits per heavy atom. The highest BCUT2D eigenvalue weighted by Gasteiger charge is 2.00. The van der Waals surface area contributed by atoms with Gasteiger partial charge in [-0.05, 0) is 20.5 Å². The standard InChI is InChI=1S/C11H24N2O/c1-4-5-6-7-8-9-11(14)12-10-13(2)3/h4-10H2,1-3H3,(H,12,14). The van der Waals surface area contributed by atoms with Crippen molar-refractivity contribution in [1.82, 2.24) is 10.2 Å². The van der Waals surface area contributed by atoms with Gasteiger partial charge in [-0.3, -0.25) is 9.69 Å². The van der Waals surface area contributed by atoms with E-state index in [1.165, 1.54) is 25.7 Å². The fourth-order valence-corrected chi connectivity index (χ4v) is 1.22. The van der Waals surface area contributed by atoms with E-state index in [1.807, 2.05) is 19.0 Å². The summed E-state index contributed by atoms with van der Waals surface area (Å²) >= 11 is 0. The quantitative estimate of drug-likeness (QED) is 0.480. The molecule has 1 amide bonds. The van der Waals surface area contributed by atoms with Crippen LogP contribution in [0.25, 0.3) is 0 Å². The Kier molecular flexibility index (Phi) is 8.64. The molecule has 0 rings (SSSR count). The predicted molar refractivity (Wildman–Crippen MR) is 60.1 cm³/mol. The van der Waals surface area contributed by atoms with Crippen molar-refractivity contribution >= 4 is 5.91 Å². The molecule has 0 saturated heterocycles. The summed E-state index contributed by atoms with van der Waals surface area (Å²) in [6.45, 7) is 2.84. The lowest BCUT2D eigenvalue weighted by molar-refractivity contribution is -0.121. The lowest BCUT2D eigenvalue weighted by atomic mass is 10.1. The number of unbranched alkanes of at least 4 members (excludes halogenated alkanes) is 4. The van der Waals surface area contributed by atoms with Gasteiger partial charge in [0.25, 0.3) is 0 Å². The molecule has 0 aromatic rings. The molecule has 84 valence electrons. The van der Waals surface area contributed by atoms with Crippen molar-refractivity contribution in [3.63, 3.8) is 0 Å². The first-order chi connectivity index (χ1) is 6.66. The van der Waals surface area contributed by atoms with E-state index in [1.54, 1.807) is 0 Å². The summed E-state index contributed by atoms with van der Waals surface area (Å²) < 4.78 is 0. The summed E-state index contributed by atoms with van der Waals surface area (Å²) in [4.78, 5) is 13.2. The molecule has 0 unspecified atom stereocenters. The molecule has 0 heterocycles. The zero-order valence-electron chi connectivity index (χ0n) is 9.81. The zero-order valence-corrected chi connectivity index (χ0v) is 9.81. The minimum atomic E-state index is 0.176. The fraction of sp³-hybridized carbons (Fsp3) is 0.909. The van der Waals surface area contributed by atoms with Crippen molar-refractivity contribution < 1.29 is 4.79 Å². The molecule has 0 aromatic carbocycles. The molecule has 0 saturated carbocycles. The van der Waals surface area contributed by atoms with E-state index >= 15 is 0 Å². The van der Waals surface area contributed by atoms with Gasteiger partial charge in [0.05, 0.1) is 6.67 Å². The van der Waals surface area contributed by atoms with Crippen molar-refractivity contribution in [3.8, 4) is 0 Å². The number of nitrogens with zero attached hydrogens (tertiary/aromatic N) is 1. The molecule has 1 N–H and O–H groups in total. The maximum atomic E-state index is 11.2. The molecule has 3 nitrogen and oxygen atoms in total. The van der Waals surface area contributed by atoms with E-state index in [0.29, 0.717) is 13.1 Å². The summed E-state index contributed by atoms with van der Waals surface area (Å²) in [6.07, 6.45) is 6.70. The Hall–Kier alpha value is -0.570. The maximum Gasteiger partial charge on any atom is 0.220 e. The van der Waals surface area contributed by atoms with E-state index < -0.39 is 0 Å². The van der Waals surface area contributed by atoms with Crippen LogP contribution in [0.2, 0.25) is 0 Å². The van der Waals surface area contributed by atoms with Crippen molar-refractivity contribution in [2.75, 3.05) is 20.8 Å². The Balaban J connectivity index is 3.18. The highest BCUT2D eigenvalue weighted by molar-refractivity contribution is 5.75. The fourth-order valence-electron chi connectivity index (χ4n) is 1.22. The number of amides is 1. The largest absolute Gasteiger partial charge is 0.343 e. The van der Waals surface area contributed by atoms with Gasteiger partial charge in [0.1, 0.15) is 0 Å². The first-order valence-electron chi connectivity index (χ1n) is 5.58. The van der Waals surface area contributed by atoms with E-state index in [0.717, 1.165) is 6.42 Å². The Bertz CT molecular complexity index is 146. The third-order valence-electron chi connectivity index (χ3n) is 2.10. The highest BCUT2D eigenvalue weighted by atomic mass is 16.1. The third kappa shape index (κ3) is 9.52. The van der Waals surface area contributed by atoms with Gasteiger partial charge in [-0.25, -0.2) is 0 Å². The van der Waals surface area contributed by atoms with E-state index in [9.17, 15) is 4.79 Å². The normalized spacial score (nSPS) is 10.6. The van der Waals surface area contributed by atoms with E-state index in [4.69, 9.17) is 0 Å². The van der Waals surface area contributed by atoms with Crippen LogP contribution < -0.4 is 5.32 Å². The van der Waals surface area contributed by atoms with Crippen LogP contribution in [-0.4, -0.2) is 31.6 Å². The Morgan fingerprint density at radius 2 is 1.79 bits per heavy atom. The van der Waals surface area contributed by atoms with Gasteiger partial charge >= 0.3 is 0 Å². The second-order valence-corrected chi connectivity index (χ2v) is 4.00. The Labute approximate surface area is 87.9 Å². The molecule has 0 aromatic heterocycles. The number of nitrogens with one attached hydrogen (secondary N) is 1. The number of hydrogen-bond acceptors (Lipinski definition) is 2. The van der Waals surface area contributed by atoms with Crippen molar-refractivity contribution in [3.05, 3.63) is 0 Å². The summed E-state index contributed by atoms with van der Waals surface area (Å²) in [5.74, 6) is 0.176. The third-order valence-corrected chi connectivity index (χ3v) is 2.10. The lowest BCUT2D eigenvalue weighted by Crippen LogP contribution is -2.32. The van der Waals surface area contributed by atoms with Gasteiger partial charge < -0.3 is 5.32 Å². The van der Waals surface area contributed by atoms with Gasteiger partial charge in [-0.15, -0.1) is 0 Å². The van der Waals surface area contributed by atoms with Crippen molar-refractivity contribution in [2.45, 2.75) is 45.4 Å². The van der Waals surface area contributed by atoms with Crippen LogP contribution in [0.5, 0.6) is 0 Å². The minimum absolute atomic E-state index is 0.176. The smallest absolute Gasteiger partial charge is 0.220 e. The highest BCUT2D eigenvalue weighted by Crippen LogP contribution is 2.04. The van der Waals surface area contributed by atoms with Crippen molar-refractivity contribution in [1.29, 1.82) is 0 Å². The van der Waals surface area contributed by atoms with Crippen LogP contribution in [-0.2, 0) is 4.79 Å². The summed E-state index contributed by atoms with van der Waals surface area (Å²) in [5, 5.41) is 2.86. The zero-order chi connectivity index (χ0) is 10.8. The first kappa shape index (κ1) is 13.4. The molecule has 0 aliphatic rings. The molecule has 3 heteroatoms. The maximum absolute atomic E-state index is 11.2. The van der Waals surface area contributed by atoms with Crippen LogP contribution in [0.4, 0.5) is 0 Å². The molecule has 0 radical (unpaired) electrons. The SMILES string of the molecule is CCCCCCCC(=O)NCN(C)C. The average molecular weight is 200 g/mol. The molecule has 0 aliphatic carbocycles. The molecule has 0 fully saturated rings. The van der Waals surface area contributed by atoms with E-state index in [-0.39, 0.29) is 5.91 Å². The predicted octanol–water partition coefficient (Wildman–Crippen LogP) is 1.98. The topological polar surface area (TPSA) is 32.3 Å². The molecule has 0 bridgehead atoms. The van der Waals surface area contributed by atoms with Gasteiger partial charge in [-0.1, -0.05) is 32.6 Å². The first-order valence-corrected chi connectivity index (χ1v) is 5.58. The van der Waals surface area contributed by atoms with Crippen LogP contribution in [0.1, 0.15) is 45.4 Å². The number of rotatable bonds is 8. The minimum Gasteiger partial charge on any atom is -0.343 e. The lowest BCUT2D eigenvalue weighted by Gasteiger charge is -2.10. The monoisotopic (exact) mass is 200 g/mol. The molecule has 0 spiro atoms. The Morgan fingerprint density at radius 1 is 1.14 bits per heavy atom. The van der Waals surface area contributed by atoms with Crippen LogP contribution >= 0.6 is 0 Å². The van der Waals surface area contributed by atoms with Crippen LogP contribution in [0, 0.1) is 0 Å². The average Bonchev–Trinajstić information content (AvgIpc) is 2.14. The van der Waals surface area contributed by atoms with Crippen LogP contribution in [0.15, 0.2) is 0 Å². The van der Waals surface area contributed by atoms with Crippen LogP contribution in [0.3, 0.4) is 0 Å². The number of hydrogen-bond donors (Lipinski definition) is 1. The summed E-state index contributed by atoms with van der Waals surface area (Å²) in [5.41, 5.74) is 0. The summed E-state index contributed by atoms with van der Waals surface area (Å²) in [6, 6.07) is 0. The second kappa shape index (κ2) is 9.00. The van der Waals surface area contributed by atoms with Gasteiger partial charge in [0, 0.05) is 6.42 Å². The number of carbonyl (C=O) groups excluding carboxylic acids is 1. The summed E-state index contributed by atoms with van der Waals surface area (Å²) in [7, 11) is 3.89. The molecule has 14 heavy (non-hydrogen) atoms. The van der Waals surface area contributed by atoms with Gasteiger partial charge in [-0.2, -0.15) is 0 Å². The van der Waals surface area contributed by atoms with Gasteiger partial charge in [0.2, 0.25) is 5.91 Å². The van der Waals surface area contributed by atoms with Crippen molar-refractivity contribution in [2.24, 2.45) is 0 Å². The molecule has 0 aliphatic heterocycles.